The van der Waals surface area contributed by atoms with Crippen LogP contribution in [0.3, 0.4) is 0 Å². The molecule has 0 aliphatic heterocycles. The molecule has 0 saturated carbocycles. The van der Waals surface area contributed by atoms with E-state index in [0.717, 1.165) is 28.8 Å². The lowest BCUT2D eigenvalue weighted by Gasteiger charge is -2.17. The number of nitrogens with zero attached hydrogens (tertiary/aromatic N) is 2. The first kappa shape index (κ1) is 18.7. The van der Waals surface area contributed by atoms with Crippen molar-refractivity contribution < 1.29 is 4.79 Å². The molecule has 136 valence electrons. The fraction of sp³-hybridized carbons (Fsp3) is 0.300. The fourth-order valence-corrected chi connectivity index (χ4v) is 3.48. The van der Waals surface area contributed by atoms with E-state index >= 15 is 0 Å². The Balaban J connectivity index is 2.00. The van der Waals surface area contributed by atoms with Crippen LogP contribution in [0.2, 0.25) is 10.0 Å². The molecule has 2 aromatic carbocycles. The number of carbonyl (C=O) groups is 1. The van der Waals surface area contributed by atoms with E-state index in [-0.39, 0.29) is 11.9 Å². The molecule has 1 atom stereocenters. The van der Waals surface area contributed by atoms with Gasteiger partial charge >= 0.3 is 0 Å². The maximum atomic E-state index is 12.0. The van der Waals surface area contributed by atoms with Gasteiger partial charge in [0.05, 0.1) is 23.6 Å². The Hall–Kier alpha value is -2.04. The van der Waals surface area contributed by atoms with E-state index in [0.29, 0.717) is 23.0 Å². The van der Waals surface area contributed by atoms with Gasteiger partial charge in [0, 0.05) is 16.5 Å². The molecule has 1 aromatic heterocycles. The van der Waals surface area contributed by atoms with Crippen molar-refractivity contribution in [2.24, 2.45) is 0 Å². The number of amides is 1. The lowest BCUT2D eigenvalue weighted by Crippen LogP contribution is -2.28. The normalized spacial score (nSPS) is 12.3. The van der Waals surface area contributed by atoms with Crippen LogP contribution in [0.1, 0.15) is 44.1 Å². The maximum absolute atomic E-state index is 12.0. The highest BCUT2D eigenvalue weighted by Gasteiger charge is 2.19. The van der Waals surface area contributed by atoms with E-state index in [1.165, 1.54) is 0 Å². The molecule has 0 spiro atoms. The second kappa shape index (κ2) is 8.11. The summed E-state index contributed by atoms with van der Waals surface area (Å²) in [6, 6.07) is 13.2. The number of nitrogens with one attached hydrogen (secondary N) is 1. The van der Waals surface area contributed by atoms with Gasteiger partial charge in [-0.15, -0.1) is 0 Å². The summed E-state index contributed by atoms with van der Waals surface area (Å²) in [6.07, 6.45) is 1.32. The van der Waals surface area contributed by atoms with Crippen molar-refractivity contribution in [3.63, 3.8) is 0 Å². The maximum Gasteiger partial charge on any atom is 0.220 e. The summed E-state index contributed by atoms with van der Waals surface area (Å²) < 4.78 is 2.10. The predicted molar refractivity (Wildman–Crippen MR) is 107 cm³/mol. The van der Waals surface area contributed by atoms with Gasteiger partial charge in [-0.3, -0.25) is 4.79 Å². The minimum absolute atomic E-state index is 0.0307. The molecular formula is C20H21Cl2N3O. The van der Waals surface area contributed by atoms with Crippen molar-refractivity contribution in [1.29, 1.82) is 0 Å². The van der Waals surface area contributed by atoms with Crippen LogP contribution < -0.4 is 5.32 Å². The molecule has 0 fully saturated rings. The quantitative estimate of drug-likeness (QED) is 0.615. The Bertz CT molecular complexity index is 936. The van der Waals surface area contributed by atoms with Crippen LogP contribution in [0.5, 0.6) is 0 Å². The standard InChI is InChI=1S/C20H21Cl2N3O/c1-3-6-19(26)23-13(2)20-24-17-7-4-5-8-18(17)25(20)12-14-9-10-15(21)11-16(14)22/h4-5,7-11,13H,3,6,12H2,1-2H3,(H,23,26). The number of benzene rings is 2. The zero-order valence-electron chi connectivity index (χ0n) is 14.8. The van der Waals surface area contributed by atoms with Gasteiger partial charge in [-0.05, 0) is 43.2 Å². The Morgan fingerprint density at radius 1 is 1.23 bits per heavy atom. The highest BCUT2D eigenvalue weighted by molar-refractivity contribution is 6.35. The molecule has 26 heavy (non-hydrogen) atoms. The average molecular weight is 390 g/mol. The third-order valence-electron chi connectivity index (χ3n) is 4.27. The smallest absolute Gasteiger partial charge is 0.220 e. The molecule has 3 rings (SSSR count). The summed E-state index contributed by atoms with van der Waals surface area (Å²) in [7, 11) is 0. The molecule has 0 saturated heterocycles. The zero-order valence-corrected chi connectivity index (χ0v) is 16.3. The largest absolute Gasteiger partial charge is 0.346 e. The van der Waals surface area contributed by atoms with Crippen molar-refractivity contribution in [3.8, 4) is 0 Å². The number of rotatable bonds is 6. The summed E-state index contributed by atoms with van der Waals surface area (Å²) in [6.45, 7) is 4.50. The number of hydrogen-bond donors (Lipinski definition) is 1. The van der Waals surface area contributed by atoms with Gasteiger partial charge in [0.25, 0.3) is 0 Å². The molecule has 6 heteroatoms. The Labute approximate surface area is 163 Å². The second-order valence-electron chi connectivity index (χ2n) is 6.32. The molecule has 1 heterocycles. The summed E-state index contributed by atoms with van der Waals surface area (Å²) in [5, 5.41) is 4.25. The van der Waals surface area contributed by atoms with Crippen LogP contribution >= 0.6 is 23.2 Å². The van der Waals surface area contributed by atoms with Crippen LogP contribution in [0.25, 0.3) is 11.0 Å². The van der Waals surface area contributed by atoms with Gasteiger partial charge in [-0.1, -0.05) is 48.3 Å². The SMILES string of the molecule is CCCC(=O)NC(C)c1nc2ccccc2n1Cc1ccc(Cl)cc1Cl. The first-order valence-electron chi connectivity index (χ1n) is 8.68. The lowest BCUT2D eigenvalue weighted by atomic mass is 10.2. The lowest BCUT2D eigenvalue weighted by molar-refractivity contribution is -0.121. The van der Waals surface area contributed by atoms with Crippen molar-refractivity contribution in [1.82, 2.24) is 14.9 Å². The summed E-state index contributed by atoms with van der Waals surface area (Å²) >= 11 is 12.4. The van der Waals surface area contributed by atoms with Gasteiger partial charge in [-0.2, -0.15) is 0 Å². The van der Waals surface area contributed by atoms with Crippen molar-refractivity contribution >= 4 is 40.1 Å². The molecule has 0 bridgehead atoms. The molecule has 0 aliphatic carbocycles. The molecule has 1 amide bonds. The second-order valence-corrected chi connectivity index (χ2v) is 7.16. The number of imidazole rings is 1. The van der Waals surface area contributed by atoms with Crippen LogP contribution in [0.15, 0.2) is 42.5 Å². The Morgan fingerprint density at radius 2 is 2.00 bits per heavy atom. The summed E-state index contributed by atoms with van der Waals surface area (Å²) in [4.78, 5) is 16.8. The van der Waals surface area contributed by atoms with Gasteiger partial charge in [0.1, 0.15) is 5.82 Å². The molecule has 1 unspecified atom stereocenters. The first-order valence-corrected chi connectivity index (χ1v) is 9.43. The molecule has 0 aliphatic rings. The molecule has 4 nitrogen and oxygen atoms in total. The van der Waals surface area contributed by atoms with Crippen molar-refractivity contribution in [2.75, 3.05) is 0 Å². The van der Waals surface area contributed by atoms with Gasteiger partial charge in [0.15, 0.2) is 0 Å². The predicted octanol–water partition coefficient (Wildman–Crippen LogP) is 5.37. The van der Waals surface area contributed by atoms with Crippen molar-refractivity contribution in [2.45, 2.75) is 39.3 Å². The Morgan fingerprint density at radius 3 is 2.73 bits per heavy atom. The number of carbonyl (C=O) groups excluding carboxylic acids is 1. The van der Waals surface area contributed by atoms with Gasteiger partial charge < -0.3 is 9.88 Å². The topological polar surface area (TPSA) is 46.9 Å². The van der Waals surface area contributed by atoms with Crippen LogP contribution in [-0.4, -0.2) is 15.5 Å². The van der Waals surface area contributed by atoms with E-state index in [2.05, 4.69) is 9.88 Å². The molecule has 1 N–H and O–H groups in total. The van der Waals surface area contributed by atoms with Crippen LogP contribution in [-0.2, 0) is 11.3 Å². The monoisotopic (exact) mass is 389 g/mol. The number of halogens is 2. The minimum Gasteiger partial charge on any atom is -0.346 e. The van der Waals surface area contributed by atoms with E-state index in [4.69, 9.17) is 28.2 Å². The molecular weight excluding hydrogens is 369 g/mol. The summed E-state index contributed by atoms with van der Waals surface area (Å²) in [5.41, 5.74) is 2.85. The number of aromatic nitrogens is 2. The first-order chi connectivity index (χ1) is 12.5. The third kappa shape index (κ3) is 4.02. The number of hydrogen-bond acceptors (Lipinski definition) is 2. The van der Waals surface area contributed by atoms with Crippen LogP contribution in [0, 0.1) is 0 Å². The number of para-hydroxylation sites is 2. The number of fused-ring (bicyclic) bond motifs is 1. The van der Waals surface area contributed by atoms with Crippen molar-refractivity contribution in [3.05, 3.63) is 63.9 Å². The summed E-state index contributed by atoms with van der Waals surface area (Å²) in [5.74, 6) is 0.838. The third-order valence-corrected chi connectivity index (χ3v) is 4.86. The fourth-order valence-electron chi connectivity index (χ4n) is 3.02. The van der Waals surface area contributed by atoms with E-state index in [1.54, 1.807) is 6.07 Å². The van der Waals surface area contributed by atoms with E-state index < -0.39 is 0 Å². The highest BCUT2D eigenvalue weighted by atomic mass is 35.5. The average Bonchev–Trinajstić information content (AvgIpc) is 2.96. The van der Waals surface area contributed by atoms with E-state index in [9.17, 15) is 4.79 Å². The Kier molecular flexibility index (Phi) is 5.84. The zero-order chi connectivity index (χ0) is 18.7. The molecule has 3 aromatic rings. The van der Waals surface area contributed by atoms with Crippen LogP contribution in [0.4, 0.5) is 0 Å². The molecule has 0 radical (unpaired) electrons. The van der Waals surface area contributed by atoms with E-state index in [1.807, 2.05) is 50.2 Å². The van der Waals surface area contributed by atoms with Gasteiger partial charge in [0.2, 0.25) is 5.91 Å². The highest BCUT2D eigenvalue weighted by Crippen LogP contribution is 2.26. The van der Waals surface area contributed by atoms with Gasteiger partial charge in [-0.25, -0.2) is 4.98 Å². The minimum atomic E-state index is -0.201.